The second-order valence-corrected chi connectivity index (χ2v) is 4.50. The largest absolute Gasteiger partial charge is 0.391 e. The van der Waals surface area contributed by atoms with Crippen molar-refractivity contribution in [2.45, 2.75) is 71.3 Å². The fraction of sp³-hybridized carbons (Fsp3) is 0.923. The number of hydrogen-bond donors (Lipinski definition) is 2. The van der Waals surface area contributed by atoms with E-state index in [1.165, 1.54) is 45.4 Å². The zero-order valence-corrected chi connectivity index (χ0v) is 10.8. The standard InChI is InChI=1S/C13H27NO2/c1-3-4-5-6-7-8-9-10-13(16)11-14-12(2)15/h13,16H,3-11H2,1-2H3,(H,14,15)/t13-/m0/s1. The van der Waals surface area contributed by atoms with Gasteiger partial charge in [0.2, 0.25) is 5.91 Å². The highest BCUT2D eigenvalue weighted by atomic mass is 16.3. The van der Waals surface area contributed by atoms with Gasteiger partial charge in [0.05, 0.1) is 6.10 Å². The van der Waals surface area contributed by atoms with E-state index < -0.39 is 0 Å². The minimum atomic E-state index is -0.375. The van der Waals surface area contributed by atoms with Gasteiger partial charge >= 0.3 is 0 Å². The maximum atomic E-state index is 10.6. The molecule has 0 aliphatic rings. The van der Waals surface area contributed by atoms with E-state index in [0.717, 1.165) is 12.8 Å². The van der Waals surface area contributed by atoms with Crippen LogP contribution in [0.2, 0.25) is 0 Å². The van der Waals surface area contributed by atoms with Crippen molar-refractivity contribution in [3.8, 4) is 0 Å². The first-order valence-corrected chi connectivity index (χ1v) is 6.59. The lowest BCUT2D eigenvalue weighted by molar-refractivity contribution is -0.119. The van der Waals surface area contributed by atoms with Crippen LogP contribution in [0.4, 0.5) is 0 Å². The maximum Gasteiger partial charge on any atom is 0.216 e. The van der Waals surface area contributed by atoms with Crippen molar-refractivity contribution in [1.29, 1.82) is 0 Å². The van der Waals surface area contributed by atoms with Gasteiger partial charge in [-0.1, -0.05) is 51.9 Å². The smallest absolute Gasteiger partial charge is 0.216 e. The number of aliphatic hydroxyl groups is 1. The molecule has 2 N–H and O–H groups in total. The van der Waals surface area contributed by atoms with Crippen LogP contribution in [-0.2, 0) is 4.79 Å². The predicted octanol–water partition coefficient (Wildman–Crippen LogP) is 2.62. The van der Waals surface area contributed by atoms with E-state index in [0.29, 0.717) is 6.54 Å². The van der Waals surface area contributed by atoms with Gasteiger partial charge in [0.15, 0.2) is 0 Å². The van der Waals surface area contributed by atoms with Gasteiger partial charge in [-0.25, -0.2) is 0 Å². The Labute approximate surface area is 99.6 Å². The Bertz CT molecular complexity index is 171. The normalized spacial score (nSPS) is 12.4. The van der Waals surface area contributed by atoms with E-state index in [4.69, 9.17) is 0 Å². The second kappa shape index (κ2) is 10.9. The Morgan fingerprint density at radius 1 is 1.12 bits per heavy atom. The third kappa shape index (κ3) is 11.5. The van der Waals surface area contributed by atoms with Crippen LogP contribution in [0, 0.1) is 0 Å². The number of amides is 1. The molecule has 1 amide bonds. The molecular formula is C13H27NO2. The Kier molecular flexibility index (Phi) is 10.5. The molecule has 96 valence electrons. The van der Waals surface area contributed by atoms with Crippen molar-refractivity contribution in [2.24, 2.45) is 0 Å². The first-order valence-electron chi connectivity index (χ1n) is 6.59. The van der Waals surface area contributed by atoms with Gasteiger partial charge in [-0.2, -0.15) is 0 Å². The molecule has 0 aromatic carbocycles. The van der Waals surface area contributed by atoms with Crippen LogP contribution < -0.4 is 5.32 Å². The van der Waals surface area contributed by atoms with Gasteiger partial charge in [0.25, 0.3) is 0 Å². The summed E-state index contributed by atoms with van der Waals surface area (Å²) in [5, 5.41) is 12.1. The molecule has 3 nitrogen and oxygen atoms in total. The van der Waals surface area contributed by atoms with Gasteiger partial charge in [-0.05, 0) is 6.42 Å². The minimum Gasteiger partial charge on any atom is -0.391 e. The van der Waals surface area contributed by atoms with Crippen molar-refractivity contribution in [3.05, 3.63) is 0 Å². The second-order valence-electron chi connectivity index (χ2n) is 4.50. The molecule has 0 aliphatic carbocycles. The Hall–Kier alpha value is -0.570. The number of carbonyl (C=O) groups excluding carboxylic acids is 1. The van der Waals surface area contributed by atoms with Gasteiger partial charge in [-0.3, -0.25) is 4.79 Å². The van der Waals surface area contributed by atoms with Crippen LogP contribution >= 0.6 is 0 Å². The third-order valence-electron chi connectivity index (χ3n) is 2.73. The average Bonchev–Trinajstić information content (AvgIpc) is 2.25. The van der Waals surface area contributed by atoms with E-state index in [1.807, 2.05) is 0 Å². The number of carbonyl (C=O) groups is 1. The quantitative estimate of drug-likeness (QED) is 0.566. The monoisotopic (exact) mass is 229 g/mol. The van der Waals surface area contributed by atoms with Crippen molar-refractivity contribution in [2.75, 3.05) is 6.54 Å². The van der Waals surface area contributed by atoms with Crippen LogP contribution in [-0.4, -0.2) is 23.7 Å². The summed E-state index contributed by atoms with van der Waals surface area (Å²) in [4.78, 5) is 10.6. The number of unbranched alkanes of at least 4 members (excludes halogenated alkanes) is 6. The van der Waals surface area contributed by atoms with Crippen LogP contribution in [0.15, 0.2) is 0 Å². The SMILES string of the molecule is CCCCCCCCC[C@H](O)CNC(C)=O. The number of aliphatic hydroxyl groups excluding tert-OH is 1. The number of nitrogens with one attached hydrogen (secondary N) is 1. The highest BCUT2D eigenvalue weighted by Gasteiger charge is 2.03. The minimum absolute atomic E-state index is 0.0707. The Morgan fingerprint density at radius 3 is 2.25 bits per heavy atom. The Balaban J connectivity index is 3.15. The van der Waals surface area contributed by atoms with E-state index in [2.05, 4.69) is 12.2 Å². The lowest BCUT2D eigenvalue weighted by Gasteiger charge is -2.10. The van der Waals surface area contributed by atoms with E-state index in [1.54, 1.807) is 0 Å². The summed E-state index contributed by atoms with van der Waals surface area (Å²) in [5.41, 5.74) is 0. The maximum absolute atomic E-state index is 10.6. The molecule has 0 unspecified atom stereocenters. The van der Waals surface area contributed by atoms with Crippen LogP contribution in [0.5, 0.6) is 0 Å². The molecule has 0 heterocycles. The third-order valence-corrected chi connectivity index (χ3v) is 2.73. The van der Waals surface area contributed by atoms with Crippen molar-refractivity contribution >= 4 is 5.91 Å². The van der Waals surface area contributed by atoms with E-state index in [9.17, 15) is 9.90 Å². The average molecular weight is 229 g/mol. The molecule has 0 aromatic rings. The molecule has 0 rings (SSSR count). The summed E-state index contributed by atoms with van der Waals surface area (Å²) >= 11 is 0. The molecule has 0 bridgehead atoms. The number of hydrogen-bond acceptors (Lipinski definition) is 2. The lowest BCUT2D eigenvalue weighted by Crippen LogP contribution is -2.30. The molecule has 0 saturated heterocycles. The van der Waals surface area contributed by atoms with Gasteiger partial charge < -0.3 is 10.4 Å². The molecular weight excluding hydrogens is 202 g/mol. The zero-order valence-electron chi connectivity index (χ0n) is 10.8. The van der Waals surface area contributed by atoms with Crippen LogP contribution in [0.25, 0.3) is 0 Å². The molecule has 1 atom stereocenters. The first kappa shape index (κ1) is 15.4. The van der Waals surface area contributed by atoms with Gasteiger partial charge in [0.1, 0.15) is 0 Å². The van der Waals surface area contributed by atoms with E-state index in [-0.39, 0.29) is 12.0 Å². The van der Waals surface area contributed by atoms with Crippen LogP contribution in [0.1, 0.15) is 65.2 Å². The molecule has 0 aliphatic heterocycles. The van der Waals surface area contributed by atoms with Crippen molar-refractivity contribution < 1.29 is 9.90 Å². The highest BCUT2D eigenvalue weighted by Crippen LogP contribution is 2.09. The molecule has 0 fully saturated rings. The van der Waals surface area contributed by atoms with Crippen molar-refractivity contribution in [3.63, 3.8) is 0 Å². The number of rotatable bonds is 10. The molecule has 3 heteroatoms. The Morgan fingerprint density at radius 2 is 1.69 bits per heavy atom. The summed E-state index contributed by atoms with van der Waals surface area (Å²) in [6.07, 6.45) is 9.23. The van der Waals surface area contributed by atoms with Gasteiger partial charge in [0, 0.05) is 13.5 Å². The summed E-state index contributed by atoms with van der Waals surface area (Å²) in [6.45, 7) is 4.09. The topological polar surface area (TPSA) is 49.3 Å². The molecule has 16 heavy (non-hydrogen) atoms. The summed E-state index contributed by atoms with van der Waals surface area (Å²) in [7, 11) is 0. The zero-order chi connectivity index (χ0) is 12.2. The van der Waals surface area contributed by atoms with E-state index >= 15 is 0 Å². The summed E-state index contributed by atoms with van der Waals surface area (Å²) in [5.74, 6) is -0.0707. The first-order chi connectivity index (χ1) is 7.66. The molecule has 0 aromatic heterocycles. The molecule has 0 radical (unpaired) electrons. The summed E-state index contributed by atoms with van der Waals surface area (Å²) in [6, 6.07) is 0. The fourth-order valence-corrected chi connectivity index (χ4v) is 1.70. The highest BCUT2D eigenvalue weighted by molar-refractivity contribution is 5.72. The molecule has 0 spiro atoms. The van der Waals surface area contributed by atoms with Gasteiger partial charge in [-0.15, -0.1) is 0 Å². The lowest BCUT2D eigenvalue weighted by atomic mass is 10.1. The molecule has 0 saturated carbocycles. The predicted molar refractivity (Wildman–Crippen MR) is 67.3 cm³/mol. The van der Waals surface area contributed by atoms with Crippen LogP contribution in [0.3, 0.4) is 0 Å². The summed E-state index contributed by atoms with van der Waals surface area (Å²) < 4.78 is 0. The van der Waals surface area contributed by atoms with Crippen molar-refractivity contribution in [1.82, 2.24) is 5.32 Å². The fourth-order valence-electron chi connectivity index (χ4n) is 1.70.